The summed E-state index contributed by atoms with van der Waals surface area (Å²) in [7, 11) is 0. The van der Waals surface area contributed by atoms with Crippen LogP contribution in [0.25, 0.3) is 10.9 Å². The van der Waals surface area contributed by atoms with E-state index in [1.165, 1.54) is 38.9 Å². The first-order valence-corrected chi connectivity index (χ1v) is 8.76. The number of hydrogen-bond acceptors (Lipinski definition) is 2. The number of hydrogen-bond donors (Lipinski definition) is 2. The Bertz CT molecular complexity index is 874. The van der Waals surface area contributed by atoms with Crippen LogP contribution in [0.3, 0.4) is 0 Å². The lowest BCUT2D eigenvalue weighted by atomic mass is 9.89. The summed E-state index contributed by atoms with van der Waals surface area (Å²) in [4.78, 5) is 3.67. The number of nitrogens with one attached hydrogen (secondary N) is 2. The molecule has 0 saturated carbocycles. The van der Waals surface area contributed by atoms with Gasteiger partial charge in [-0.05, 0) is 67.6 Å². The molecule has 1 aliphatic heterocycles. The van der Waals surface area contributed by atoms with Gasteiger partial charge in [0.1, 0.15) is 5.75 Å². The van der Waals surface area contributed by atoms with E-state index in [-0.39, 0.29) is 6.04 Å². The highest BCUT2D eigenvalue weighted by atomic mass is 16.5. The largest absolute Gasteiger partial charge is 0.494 e. The van der Waals surface area contributed by atoms with Gasteiger partial charge in [-0.1, -0.05) is 18.2 Å². The van der Waals surface area contributed by atoms with Crippen molar-refractivity contribution in [3.8, 4) is 5.75 Å². The summed E-state index contributed by atoms with van der Waals surface area (Å²) in [5, 5.41) is 5.01. The molecular weight excluding hydrogens is 296 g/mol. The molecule has 0 radical (unpaired) electrons. The molecule has 3 heteroatoms. The summed E-state index contributed by atoms with van der Waals surface area (Å²) in [5.41, 5.74) is 8.02. The Morgan fingerprint density at radius 1 is 1.12 bits per heavy atom. The smallest absolute Gasteiger partial charge is 0.120 e. The van der Waals surface area contributed by atoms with Gasteiger partial charge in [0.15, 0.2) is 0 Å². The zero-order chi connectivity index (χ0) is 16.7. The van der Waals surface area contributed by atoms with E-state index < -0.39 is 0 Å². The molecule has 0 aliphatic carbocycles. The predicted octanol–water partition coefficient (Wildman–Crippen LogP) is 4.42. The third-order valence-electron chi connectivity index (χ3n) is 5.06. The van der Waals surface area contributed by atoms with Crippen molar-refractivity contribution >= 4 is 10.9 Å². The van der Waals surface area contributed by atoms with Crippen molar-refractivity contribution < 1.29 is 4.74 Å². The Balaban J connectivity index is 1.87. The van der Waals surface area contributed by atoms with Gasteiger partial charge in [0.2, 0.25) is 0 Å². The number of H-pyrrole nitrogens is 1. The van der Waals surface area contributed by atoms with Crippen molar-refractivity contribution in [3.63, 3.8) is 0 Å². The van der Waals surface area contributed by atoms with Gasteiger partial charge in [-0.25, -0.2) is 0 Å². The van der Waals surface area contributed by atoms with Crippen LogP contribution >= 0.6 is 0 Å². The second-order valence-corrected chi connectivity index (χ2v) is 6.60. The van der Waals surface area contributed by atoms with Crippen molar-refractivity contribution in [3.05, 3.63) is 64.3 Å². The minimum atomic E-state index is 0.234. The number of benzene rings is 2. The molecule has 1 unspecified atom stereocenters. The van der Waals surface area contributed by atoms with Crippen LogP contribution in [-0.4, -0.2) is 18.1 Å². The summed E-state index contributed by atoms with van der Waals surface area (Å²) in [6.07, 6.45) is 1.05. The number of fused-ring (bicyclic) bond motifs is 3. The topological polar surface area (TPSA) is 37.0 Å². The molecule has 1 aliphatic rings. The van der Waals surface area contributed by atoms with E-state index >= 15 is 0 Å². The van der Waals surface area contributed by atoms with Crippen LogP contribution < -0.4 is 10.1 Å². The van der Waals surface area contributed by atoms with E-state index in [9.17, 15) is 0 Å². The van der Waals surface area contributed by atoms with Crippen LogP contribution in [0.2, 0.25) is 0 Å². The molecule has 24 heavy (non-hydrogen) atoms. The second-order valence-electron chi connectivity index (χ2n) is 6.60. The van der Waals surface area contributed by atoms with Gasteiger partial charge in [0, 0.05) is 23.1 Å². The maximum atomic E-state index is 5.69. The van der Waals surface area contributed by atoms with E-state index in [0.29, 0.717) is 6.61 Å². The van der Waals surface area contributed by atoms with Crippen molar-refractivity contribution in [2.75, 3.05) is 13.2 Å². The fraction of sp³-hybridized carbons (Fsp3) is 0.333. The Hall–Kier alpha value is -2.26. The SMILES string of the molecule is CCOc1ccc2[nH]c3c(c2c1)CCNC3c1c(C)cccc1C. The quantitative estimate of drug-likeness (QED) is 0.749. The summed E-state index contributed by atoms with van der Waals surface area (Å²) < 4.78 is 5.69. The first-order chi connectivity index (χ1) is 11.7. The molecule has 0 spiro atoms. The van der Waals surface area contributed by atoms with Gasteiger partial charge in [0.05, 0.1) is 12.6 Å². The summed E-state index contributed by atoms with van der Waals surface area (Å²) in [6, 6.07) is 13.1. The molecule has 1 atom stereocenters. The lowest BCUT2D eigenvalue weighted by molar-refractivity contribution is 0.340. The van der Waals surface area contributed by atoms with Crippen molar-refractivity contribution in [1.82, 2.24) is 10.3 Å². The Labute approximate surface area is 143 Å². The first-order valence-electron chi connectivity index (χ1n) is 8.76. The second kappa shape index (κ2) is 5.99. The molecule has 2 N–H and O–H groups in total. The highest BCUT2D eigenvalue weighted by Crippen LogP contribution is 2.36. The molecule has 2 aromatic carbocycles. The lowest BCUT2D eigenvalue weighted by Crippen LogP contribution is -2.31. The first kappa shape index (κ1) is 15.3. The standard InChI is InChI=1S/C21H24N2O/c1-4-24-15-8-9-18-17(12-15)16-10-11-22-21(20(16)23-18)19-13(2)6-5-7-14(19)3/h5-9,12,21-23H,4,10-11H2,1-3H3. The van der Waals surface area contributed by atoms with Crippen LogP contribution in [0.5, 0.6) is 5.75 Å². The zero-order valence-electron chi connectivity index (χ0n) is 14.6. The minimum absolute atomic E-state index is 0.234. The molecule has 1 aromatic heterocycles. The number of aromatic nitrogens is 1. The van der Waals surface area contributed by atoms with Crippen molar-refractivity contribution in [2.24, 2.45) is 0 Å². The summed E-state index contributed by atoms with van der Waals surface area (Å²) in [5.74, 6) is 0.953. The average molecular weight is 320 g/mol. The molecule has 0 saturated heterocycles. The molecule has 3 aromatic rings. The van der Waals surface area contributed by atoms with E-state index in [1.807, 2.05) is 6.92 Å². The average Bonchev–Trinajstić information content (AvgIpc) is 2.94. The highest BCUT2D eigenvalue weighted by molar-refractivity contribution is 5.86. The minimum Gasteiger partial charge on any atom is -0.494 e. The molecule has 0 fully saturated rings. The molecule has 2 heterocycles. The van der Waals surface area contributed by atoms with E-state index in [2.05, 4.69) is 60.5 Å². The predicted molar refractivity (Wildman–Crippen MR) is 98.9 cm³/mol. The number of aromatic amines is 1. The third kappa shape index (κ3) is 2.40. The highest BCUT2D eigenvalue weighted by Gasteiger charge is 2.27. The number of aryl methyl sites for hydroxylation is 2. The molecule has 0 amide bonds. The van der Waals surface area contributed by atoms with Gasteiger partial charge in [-0.15, -0.1) is 0 Å². The van der Waals surface area contributed by atoms with Crippen molar-refractivity contribution in [1.29, 1.82) is 0 Å². The molecule has 4 rings (SSSR count). The summed E-state index contributed by atoms with van der Waals surface area (Å²) >= 11 is 0. The molecule has 124 valence electrons. The maximum absolute atomic E-state index is 5.69. The van der Waals surface area contributed by atoms with Gasteiger partial charge in [-0.3, -0.25) is 0 Å². The van der Waals surface area contributed by atoms with E-state index in [0.717, 1.165) is 18.7 Å². The van der Waals surface area contributed by atoms with Gasteiger partial charge in [0.25, 0.3) is 0 Å². The number of rotatable bonds is 3. The third-order valence-corrected chi connectivity index (χ3v) is 5.06. The van der Waals surface area contributed by atoms with Crippen LogP contribution in [-0.2, 0) is 6.42 Å². The normalized spacial score (nSPS) is 17.0. The Kier molecular flexibility index (Phi) is 3.81. The van der Waals surface area contributed by atoms with Crippen LogP contribution in [0.4, 0.5) is 0 Å². The lowest BCUT2D eigenvalue weighted by Gasteiger charge is -2.27. The van der Waals surface area contributed by atoms with Crippen LogP contribution in [0, 0.1) is 13.8 Å². The van der Waals surface area contributed by atoms with Gasteiger partial charge >= 0.3 is 0 Å². The monoisotopic (exact) mass is 320 g/mol. The van der Waals surface area contributed by atoms with Crippen molar-refractivity contribution in [2.45, 2.75) is 33.2 Å². The number of ether oxygens (including phenoxy) is 1. The Morgan fingerprint density at radius 2 is 1.92 bits per heavy atom. The molecule has 0 bridgehead atoms. The van der Waals surface area contributed by atoms with Crippen LogP contribution in [0.1, 0.15) is 40.9 Å². The maximum Gasteiger partial charge on any atom is 0.120 e. The summed E-state index contributed by atoms with van der Waals surface area (Å²) in [6.45, 7) is 8.13. The molecular formula is C21H24N2O. The fourth-order valence-corrected chi connectivity index (χ4v) is 3.99. The Morgan fingerprint density at radius 3 is 2.67 bits per heavy atom. The molecule has 3 nitrogen and oxygen atoms in total. The van der Waals surface area contributed by atoms with Gasteiger partial charge in [-0.2, -0.15) is 0 Å². The zero-order valence-corrected chi connectivity index (χ0v) is 14.6. The van der Waals surface area contributed by atoms with E-state index in [1.54, 1.807) is 0 Å². The fourth-order valence-electron chi connectivity index (χ4n) is 3.99. The van der Waals surface area contributed by atoms with E-state index in [4.69, 9.17) is 4.74 Å². The van der Waals surface area contributed by atoms with Gasteiger partial charge < -0.3 is 15.0 Å². The van der Waals surface area contributed by atoms with Crippen LogP contribution in [0.15, 0.2) is 36.4 Å².